The highest BCUT2D eigenvalue weighted by molar-refractivity contribution is 8.03. The highest BCUT2D eigenvalue weighted by atomic mass is 32.2. The molecule has 0 unspecified atom stereocenters. The van der Waals surface area contributed by atoms with Crippen molar-refractivity contribution in [2.45, 2.75) is 0 Å². The minimum Gasteiger partial charge on any atom is -0.285 e. The minimum absolute atomic E-state index is 0.273. The Morgan fingerprint density at radius 1 is 1.27 bits per heavy atom. The van der Waals surface area contributed by atoms with Crippen molar-refractivity contribution in [1.29, 1.82) is 0 Å². The number of nitrogens with one attached hydrogen (secondary N) is 1. The second-order valence-electron chi connectivity index (χ2n) is 1.86. The topological polar surface area (TPSA) is 63.2 Å². The maximum Gasteiger partial charge on any atom is 0.298 e. The van der Waals surface area contributed by atoms with Gasteiger partial charge in [-0.15, -0.1) is 11.8 Å². The van der Waals surface area contributed by atoms with Crippen LogP contribution in [0.5, 0.6) is 0 Å². The molecule has 0 atom stereocenters. The van der Waals surface area contributed by atoms with Crippen molar-refractivity contribution in [3.63, 3.8) is 0 Å². The summed E-state index contributed by atoms with van der Waals surface area (Å²) in [7, 11) is 0. The fourth-order valence-corrected chi connectivity index (χ4v) is 1.09. The average molecular weight is 171 g/mol. The first-order chi connectivity index (χ1) is 5.15. The molecule has 0 aromatic rings. The fraction of sp³-hybridized carbons (Fsp3) is 0.167. The second-order valence-corrected chi connectivity index (χ2v) is 2.71. The Labute approximate surface area is 67.0 Å². The number of amides is 2. The lowest BCUT2D eigenvalue weighted by Gasteiger charge is -2.08. The zero-order chi connectivity index (χ0) is 8.43. The van der Waals surface area contributed by atoms with Crippen molar-refractivity contribution in [3.05, 3.63) is 11.0 Å². The Morgan fingerprint density at radius 2 is 1.91 bits per heavy atom. The van der Waals surface area contributed by atoms with Crippen LogP contribution < -0.4 is 5.32 Å². The molecule has 0 saturated heterocycles. The van der Waals surface area contributed by atoms with Gasteiger partial charge in [0.15, 0.2) is 0 Å². The lowest BCUT2D eigenvalue weighted by atomic mass is 10.2. The number of ketones is 1. The van der Waals surface area contributed by atoms with Gasteiger partial charge in [0, 0.05) is 6.08 Å². The molecule has 0 aromatic heterocycles. The number of hydrogen-bond acceptors (Lipinski definition) is 4. The van der Waals surface area contributed by atoms with Gasteiger partial charge in [0.1, 0.15) is 0 Å². The third-order valence-electron chi connectivity index (χ3n) is 1.16. The molecule has 2 amide bonds. The van der Waals surface area contributed by atoms with Crippen LogP contribution in [0.3, 0.4) is 0 Å². The normalized spacial score (nSPS) is 17.9. The van der Waals surface area contributed by atoms with Crippen LogP contribution >= 0.6 is 11.8 Å². The summed E-state index contributed by atoms with van der Waals surface area (Å²) < 4.78 is 0. The van der Waals surface area contributed by atoms with E-state index in [2.05, 4.69) is 0 Å². The molecule has 11 heavy (non-hydrogen) atoms. The third-order valence-corrected chi connectivity index (χ3v) is 1.90. The lowest BCUT2D eigenvalue weighted by Crippen LogP contribution is -2.39. The van der Waals surface area contributed by atoms with E-state index in [1.807, 2.05) is 5.32 Å². The standard InChI is InChI=1S/C6H5NO3S/c1-11-4-2-3(8)5(9)7-6(4)10/h2H,1H3,(H,7,9,10). The third kappa shape index (κ3) is 1.48. The predicted molar refractivity (Wildman–Crippen MR) is 39.8 cm³/mol. The smallest absolute Gasteiger partial charge is 0.285 e. The van der Waals surface area contributed by atoms with Crippen LogP contribution in [-0.2, 0) is 14.4 Å². The summed E-state index contributed by atoms with van der Waals surface area (Å²) in [5, 5.41) is 1.91. The molecular weight excluding hydrogens is 166 g/mol. The number of imide groups is 1. The molecule has 58 valence electrons. The Balaban J connectivity index is 2.97. The number of hydrogen-bond donors (Lipinski definition) is 1. The molecule has 0 fully saturated rings. The van der Waals surface area contributed by atoms with E-state index in [0.29, 0.717) is 0 Å². The molecule has 1 aliphatic heterocycles. The van der Waals surface area contributed by atoms with Gasteiger partial charge in [0.25, 0.3) is 11.8 Å². The van der Waals surface area contributed by atoms with Gasteiger partial charge >= 0.3 is 0 Å². The van der Waals surface area contributed by atoms with Crippen molar-refractivity contribution >= 4 is 29.4 Å². The van der Waals surface area contributed by atoms with Crippen molar-refractivity contribution in [1.82, 2.24) is 5.32 Å². The molecule has 0 radical (unpaired) electrons. The zero-order valence-corrected chi connectivity index (χ0v) is 6.53. The molecule has 0 saturated carbocycles. The summed E-state index contributed by atoms with van der Waals surface area (Å²) in [5.74, 6) is -2.02. The number of carbonyl (C=O) groups is 3. The van der Waals surface area contributed by atoms with Crippen LogP contribution in [0, 0.1) is 0 Å². The van der Waals surface area contributed by atoms with Crippen molar-refractivity contribution in [2.75, 3.05) is 6.26 Å². The van der Waals surface area contributed by atoms with E-state index in [-0.39, 0.29) is 4.91 Å². The SMILES string of the molecule is CSC1=CC(=O)C(=O)NC1=O. The van der Waals surface area contributed by atoms with E-state index >= 15 is 0 Å². The molecule has 0 aromatic carbocycles. The van der Waals surface area contributed by atoms with E-state index in [4.69, 9.17) is 0 Å². The predicted octanol–water partition coefficient (Wildman–Crippen LogP) is -0.541. The largest absolute Gasteiger partial charge is 0.298 e. The molecule has 1 aliphatic rings. The van der Waals surface area contributed by atoms with Gasteiger partial charge in [-0.2, -0.15) is 0 Å². The summed E-state index contributed by atoms with van der Waals surface area (Å²) >= 11 is 1.14. The van der Waals surface area contributed by atoms with E-state index in [1.165, 1.54) is 0 Å². The maximum absolute atomic E-state index is 10.8. The molecule has 0 spiro atoms. The molecule has 1 heterocycles. The number of thioether (sulfide) groups is 1. The van der Waals surface area contributed by atoms with Gasteiger partial charge in [0.05, 0.1) is 4.91 Å². The molecule has 0 bridgehead atoms. The highest BCUT2D eigenvalue weighted by Crippen LogP contribution is 2.13. The summed E-state index contributed by atoms with van der Waals surface area (Å²) in [6.07, 6.45) is 2.71. The first-order valence-electron chi connectivity index (χ1n) is 2.80. The van der Waals surface area contributed by atoms with Crippen LogP contribution in [0.2, 0.25) is 0 Å². The number of carbonyl (C=O) groups excluding carboxylic acids is 3. The number of rotatable bonds is 1. The van der Waals surface area contributed by atoms with Gasteiger partial charge < -0.3 is 0 Å². The van der Waals surface area contributed by atoms with E-state index < -0.39 is 17.6 Å². The van der Waals surface area contributed by atoms with Crippen LogP contribution in [0.1, 0.15) is 0 Å². The van der Waals surface area contributed by atoms with Crippen molar-refractivity contribution in [3.8, 4) is 0 Å². The van der Waals surface area contributed by atoms with Gasteiger partial charge in [-0.3, -0.25) is 19.7 Å². The lowest BCUT2D eigenvalue weighted by molar-refractivity contribution is -0.138. The molecule has 5 heteroatoms. The molecule has 0 aliphatic carbocycles. The molecular formula is C6H5NO3S. The monoisotopic (exact) mass is 171 g/mol. The fourth-order valence-electron chi connectivity index (χ4n) is 0.628. The van der Waals surface area contributed by atoms with Gasteiger partial charge in [-0.25, -0.2) is 0 Å². The van der Waals surface area contributed by atoms with Crippen LogP contribution in [0.15, 0.2) is 11.0 Å². The quantitative estimate of drug-likeness (QED) is 0.425. The van der Waals surface area contributed by atoms with Crippen LogP contribution in [-0.4, -0.2) is 23.9 Å². The Kier molecular flexibility index (Phi) is 2.09. The Hall–Kier alpha value is -1.10. The van der Waals surface area contributed by atoms with Crippen molar-refractivity contribution in [2.24, 2.45) is 0 Å². The van der Waals surface area contributed by atoms with E-state index in [0.717, 1.165) is 17.8 Å². The second kappa shape index (κ2) is 2.87. The summed E-state index contributed by atoms with van der Waals surface area (Å²) in [4.78, 5) is 32.3. The van der Waals surface area contributed by atoms with Crippen LogP contribution in [0.4, 0.5) is 0 Å². The Bertz CT molecular complexity index is 269. The van der Waals surface area contributed by atoms with E-state index in [9.17, 15) is 14.4 Å². The molecule has 4 nitrogen and oxygen atoms in total. The zero-order valence-electron chi connectivity index (χ0n) is 5.71. The minimum atomic E-state index is -0.854. The summed E-state index contributed by atoms with van der Waals surface area (Å²) in [6.45, 7) is 0. The first kappa shape index (κ1) is 8.00. The summed E-state index contributed by atoms with van der Waals surface area (Å²) in [5.41, 5.74) is 0. The highest BCUT2D eigenvalue weighted by Gasteiger charge is 2.24. The maximum atomic E-state index is 10.8. The van der Waals surface area contributed by atoms with Gasteiger partial charge in [0.2, 0.25) is 5.78 Å². The molecule has 1 rings (SSSR count). The first-order valence-corrected chi connectivity index (χ1v) is 4.03. The van der Waals surface area contributed by atoms with Gasteiger partial charge in [-0.1, -0.05) is 0 Å². The molecule has 1 N–H and O–H groups in total. The average Bonchev–Trinajstić information content (AvgIpc) is 1.97. The van der Waals surface area contributed by atoms with Crippen LogP contribution in [0.25, 0.3) is 0 Å². The summed E-state index contributed by atoms with van der Waals surface area (Å²) in [6, 6.07) is 0. The van der Waals surface area contributed by atoms with E-state index in [1.54, 1.807) is 6.26 Å². The van der Waals surface area contributed by atoms with Gasteiger partial charge in [-0.05, 0) is 6.26 Å². The van der Waals surface area contributed by atoms with Crippen molar-refractivity contribution < 1.29 is 14.4 Å². The Morgan fingerprint density at radius 3 is 2.45 bits per heavy atom.